The molecule has 0 aromatic heterocycles. The van der Waals surface area contributed by atoms with Crippen molar-refractivity contribution in [1.82, 2.24) is 4.90 Å². The Labute approximate surface area is 119 Å². The summed E-state index contributed by atoms with van der Waals surface area (Å²) in [6, 6.07) is 5.23. The fourth-order valence-electron chi connectivity index (χ4n) is 3.81. The van der Waals surface area contributed by atoms with Crippen molar-refractivity contribution in [1.29, 1.82) is 0 Å². The molecule has 2 heterocycles. The Morgan fingerprint density at radius 3 is 2.60 bits per heavy atom. The highest BCUT2D eigenvalue weighted by Crippen LogP contribution is 2.47. The van der Waals surface area contributed by atoms with Crippen molar-refractivity contribution in [3.05, 3.63) is 29.6 Å². The molecule has 0 radical (unpaired) electrons. The summed E-state index contributed by atoms with van der Waals surface area (Å²) >= 11 is 0. The van der Waals surface area contributed by atoms with Crippen LogP contribution in [0.25, 0.3) is 0 Å². The molecule has 20 heavy (non-hydrogen) atoms. The van der Waals surface area contributed by atoms with Crippen molar-refractivity contribution in [2.75, 3.05) is 13.7 Å². The lowest BCUT2D eigenvalue weighted by atomic mass is 9.80. The second kappa shape index (κ2) is 5.01. The van der Waals surface area contributed by atoms with Gasteiger partial charge in [-0.1, -0.05) is 0 Å². The molecule has 1 aromatic carbocycles. The van der Waals surface area contributed by atoms with E-state index in [2.05, 4.69) is 11.9 Å². The number of nitrogens with zero attached hydrogens (tertiary/aromatic N) is 1. The minimum absolute atomic E-state index is 0.317. The number of aliphatic hydroxyl groups is 1. The van der Waals surface area contributed by atoms with Gasteiger partial charge in [0.05, 0.1) is 12.2 Å². The lowest BCUT2D eigenvalue weighted by Gasteiger charge is -2.42. The van der Waals surface area contributed by atoms with E-state index in [-0.39, 0.29) is 5.82 Å². The van der Waals surface area contributed by atoms with Crippen molar-refractivity contribution >= 4 is 0 Å². The van der Waals surface area contributed by atoms with Gasteiger partial charge in [0, 0.05) is 17.6 Å². The summed E-state index contributed by atoms with van der Waals surface area (Å²) in [6.07, 6.45) is 3.54. The highest BCUT2D eigenvalue weighted by atomic mass is 19.1. The van der Waals surface area contributed by atoms with Crippen molar-refractivity contribution in [3.8, 4) is 5.75 Å². The van der Waals surface area contributed by atoms with Gasteiger partial charge in [0.2, 0.25) is 0 Å². The molecular formula is C16H22FNO2. The second-order valence-corrected chi connectivity index (χ2v) is 6.06. The number of rotatable bonds is 3. The van der Waals surface area contributed by atoms with Crippen LogP contribution in [0.3, 0.4) is 0 Å². The van der Waals surface area contributed by atoms with Crippen LogP contribution in [0.4, 0.5) is 4.39 Å². The molecule has 0 spiro atoms. The number of hydrogen-bond donors (Lipinski definition) is 1. The van der Waals surface area contributed by atoms with E-state index in [1.807, 2.05) is 6.92 Å². The maximum Gasteiger partial charge on any atom is 0.125 e. The van der Waals surface area contributed by atoms with Gasteiger partial charge in [0.1, 0.15) is 11.6 Å². The third-order valence-electron chi connectivity index (χ3n) is 4.87. The minimum Gasteiger partial charge on any atom is -0.493 e. The first-order valence-corrected chi connectivity index (χ1v) is 7.40. The standard InChI is InChI=1S/C16H22FNO2/c1-3-20-15-7-4-11(17)8-14(15)16(19)9-12-5-6-13(10-16)18(12)2/h4,7-8,12-13,19H,3,5-6,9-10H2,1-2H3. The Morgan fingerprint density at radius 1 is 1.35 bits per heavy atom. The maximum atomic E-state index is 13.6. The van der Waals surface area contributed by atoms with Crippen LogP contribution in [-0.4, -0.2) is 35.7 Å². The van der Waals surface area contributed by atoms with E-state index in [0.717, 1.165) is 12.8 Å². The van der Waals surface area contributed by atoms with Crippen molar-refractivity contribution < 1.29 is 14.2 Å². The molecule has 2 bridgehead atoms. The van der Waals surface area contributed by atoms with Gasteiger partial charge < -0.3 is 14.7 Å². The highest BCUT2D eigenvalue weighted by molar-refractivity contribution is 5.39. The molecule has 110 valence electrons. The number of halogens is 1. The van der Waals surface area contributed by atoms with E-state index in [0.29, 0.717) is 42.8 Å². The predicted molar refractivity (Wildman–Crippen MR) is 75.3 cm³/mol. The van der Waals surface area contributed by atoms with Crippen LogP contribution in [-0.2, 0) is 5.60 Å². The predicted octanol–water partition coefficient (Wildman–Crippen LogP) is 2.67. The summed E-state index contributed by atoms with van der Waals surface area (Å²) in [5.41, 5.74) is -0.352. The molecule has 2 aliphatic heterocycles. The van der Waals surface area contributed by atoms with Crippen molar-refractivity contribution in [2.45, 2.75) is 50.3 Å². The molecule has 1 N–H and O–H groups in total. The van der Waals surface area contributed by atoms with Crippen LogP contribution in [0.1, 0.15) is 38.2 Å². The van der Waals surface area contributed by atoms with E-state index >= 15 is 0 Å². The summed E-state index contributed by atoms with van der Waals surface area (Å²) in [5, 5.41) is 11.1. The Kier molecular flexibility index (Phi) is 3.46. The minimum atomic E-state index is -0.967. The molecule has 0 saturated carbocycles. The van der Waals surface area contributed by atoms with Gasteiger partial charge in [-0.15, -0.1) is 0 Å². The first-order valence-electron chi connectivity index (χ1n) is 7.40. The number of hydrogen-bond acceptors (Lipinski definition) is 3. The fraction of sp³-hybridized carbons (Fsp3) is 0.625. The lowest BCUT2D eigenvalue weighted by molar-refractivity contribution is -0.0510. The number of piperidine rings is 1. The number of fused-ring (bicyclic) bond motifs is 2. The fourth-order valence-corrected chi connectivity index (χ4v) is 3.81. The van der Waals surface area contributed by atoms with Gasteiger partial charge in [-0.25, -0.2) is 4.39 Å². The van der Waals surface area contributed by atoms with E-state index in [1.54, 1.807) is 6.07 Å². The Hall–Kier alpha value is -1.13. The van der Waals surface area contributed by atoms with Crippen molar-refractivity contribution in [3.63, 3.8) is 0 Å². The van der Waals surface area contributed by atoms with Crippen LogP contribution in [0.15, 0.2) is 18.2 Å². The van der Waals surface area contributed by atoms with Crippen LogP contribution in [0, 0.1) is 5.82 Å². The normalized spacial score (nSPS) is 33.4. The largest absolute Gasteiger partial charge is 0.493 e. The second-order valence-electron chi connectivity index (χ2n) is 6.06. The van der Waals surface area contributed by atoms with Gasteiger partial charge >= 0.3 is 0 Å². The van der Waals surface area contributed by atoms with Crippen LogP contribution >= 0.6 is 0 Å². The molecule has 0 aliphatic carbocycles. The monoisotopic (exact) mass is 279 g/mol. The van der Waals surface area contributed by atoms with E-state index in [9.17, 15) is 9.50 Å². The molecule has 3 nitrogen and oxygen atoms in total. The van der Waals surface area contributed by atoms with Crippen molar-refractivity contribution in [2.24, 2.45) is 0 Å². The molecular weight excluding hydrogens is 257 g/mol. The van der Waals surface area contributed by atoms with E-state index < -0.39 is 5.60 Å². The SMILES string of the molecule is CCOc1ccc(F)cc1C1(O)CC2CCC(C1)N2C. The summed E-state index contributed by atoms with van der Waals surface area (Å²) < 4.78 is 19.2. The molecule has 1 aromatic rings. The lowest BCUT2D eigenvalue weighted by Crippen LogP contribution is -2.47. The maximum absolute atomic E-state index is 13.6. The average molecular weight is 279 g/mol. The van der Waals surface area contributed by atoms with E-state index in [1.165, 1.54) is 12.1 Å². The zero-order valence-corrected chi connectivity index (χ0v) is 12.1. The quantitative estimate of drug-likeness (QED) is 0.923. The molecule has 4 heteroatoms. The summed E-state index contributed by atoms with van der Waals surface area (Å²) in [5.74, 6) is 0.295. The topological polar surface area (TPSA) is 32.7 Å². The van der Waals surface area contributed by atoms with Gasteiger partial charge in [0.15, 0.2) is 0 Å². The third kappa shape index (κ3) is 2.21. The van der Waals surface area contributed by atoms with Gasteiger partial charge in [-0.3, -0.25) is 0 Å². The summed E-state index contributed by atoms with van der Waals surface area (Å²) in [4.78, 5) is 2.36. The number of benzene rings is 1. The smallest absolute Gasteiger partial charge is 0.125 e. The zero-order chi connectivity index (χ0) is 14.3. The first-order chi connectivity index (χ1) is 9.53. The highest BCUT2D eigenvalue weighted by Gasteiger charge is 2.47. The van der Waals surface area contributed by atoms with Gasteiger partial charge in [-0.2, -0.15) is 0 Å². The first kappa shape index (κ1) is 13.8. The third-order valence-corrected chi connectivity index (χ3v) is 4.87. The van der Waals surface area contributed by atoms with Gasteiger partial charge in [0.25, 0.3) is 0 Å². The van der Waals surface area contributed by atoms with E-state index in [4.69, 9.17) is 4.74 Å². The average Bonchev–Trinajstić information content (AvgIpc) is 2.63. The molecule has 2 saturated heterocycles. The zero-order valence-electron chi connectivity index (χ0n) is 12.1. The Bertz CT molecular complexity index is 491. The molecule has 2 aliphatic rings. The van der Waals surface area contributed by atoms with Crippen LogP contribution in [0.5, 0.6) is 5.75 Å². The van der Waals surface area contributed by atoms with Crippen LogP contribution < -0.4 is 4.74 Å². The molecule has 3 rings (SSSR count). The summed E-state index contributed by atoms with van der Waals surface area (Å²) in [6.45, 7) is 2.41. The molecule has 2 atom stereocenters. The van der Waals surface area contributed by atoms with Crippen LogP contribution in [0.2, 0.25) is 0 Å². The Balaban J connectivity index is 1.97. The molecule has 2 unspecified atom stereocenters. The van der Waals surface area contributed by atoms with Gasteiger partial charge in [-0.05, 0) is 57.9 Å². The molecule has 0 amide bonds. The summed E-state index contributed by atoms with van der Waals surface area (Å²) in [7, 11) is 2.12. The molecule has 2 fully saturated rings. The Morgan fingerprint density at radius 2 is 2.00 bits per heavy atom. The number of ether oxygens (including phenoxy) is 1.